The van der Waals surface area contributed by atoms with E-state index in [0.29, 0.717) is 0 Å². The van der Waals surface area contributed by atoms with E-state index >= 15 is 0 Å². The van der Waals surface area contributed by atoms with Crippen LogP contribution >= 0.6 is 0 Å². The molecular formula is C16H24F2N2O2. The topological polar surface area (TPSA) is 64.3 Å². The van der Waals surface area contributed by atoms with Crippen LogP contribution in [0.5, 0.6) is 0 Å². The summed E-state index contributed by atoms with van der Waals surface area (Å²) in [6.45, 7) is 2.88. The number of hydrogen-bond acceptors (Lipinski definition) is 2. The van der Waals surface area contributed by atoms with Crippen LogP contribution in [0, 0.1) is 0 Å². The van der Waals surface area contributed by atoms with Crippen LogP contribution in [0.15, 0.2) is 35.5 Å². The number of amides is 2. The maximum atomic E-state index is 13.8. The van der Waals surface area contributed by atoms with Gasteiger partial charge in [-0.25, -0.2) is 13.6 Å². The fourth-order valence-electron chi connectivity index (χ4n) is 2.39. The molecule has 3 N–H and O–H groups in total. The van der Waals surface area contributed by atoms with Gasteiger partial charge in [-0.1, -0.05) is 12.2 Å². The zero-order chi connectivity index (χ0) is 16.5. The molecule has 4 nitrogen and oxygen atoms in total. The van der Waals surface area contributed by atoms with Gasteiger partial charge in [0.15, 0.2) is 0 Å². The predicted octanol–water partition coefficient (Wildman–Crippen LogP) is 3.66. The minimum Gasteiger partial charge on any atom is -0.373 e. The molecule has 0 aromatic carbocycles. The molecule has 1 fully saturated rings. The van der Waals surface area contributed by atoms with Gasteiger partial charge in [0.2, 0.25) is 0 Å². The van der Waals surface area contributed by atoms with Gasteiger partial charge in [-0.2, -0.15) is 0 Å². The Kier molecular flexibility index (Phi) is 7.80. The van der Waals surface area contributed by atoms with Gasteiger partial charge < -0.3 is 15.8 Å². The van der Waals surface area contributed by atoms with Gasteiger partial charge in [0.25, 0.3) is 0 Å². The molecule has 124 valence electrons. The lowest BCUT2D eigenvalue weighted by Crippen LogP contribution is -2.41. The fraction of sp³-hybridized carbons (Fsp3) is 0.562. The highest BCUT2D eigenvalue weighted by Crippen LogP contribution is 2.24. The van der Waals surface area contributed by atoms with Crippen molar-refractivity contribution in [2.24, 2.45) is 5.73 Å². The largest absolute Gasteiger partial charge is 0.373 e. The lowest BCUT2D eigenvalue weighted by atomic mass is 9.93. The van der Waals surface area contributed by atoms with Crippen LogP contribution < -0.4 is 11.1 Å². The van der Waals surface area contributed by atoms with E-state index in [2.05, 4.69) is 5.32 Å². The molecule has 6 heteroatoms. The smallest absolute Gasteiger partial charge is 0.312 e. The number of urea groups is 1. The molecule has 1 aliphatic rings. The van der Waals surface area contributed by atoms with Crippen LogP contribution in [-0.2, 0) is 4.74 Å². The molecule has 0 saturated heterocycles. The SMILES string of the molecule is C\C=C/C=C(F)\C(COC1CCC(NC(N)=O)CC1)=C(/C)F. The van der Waals surface area contributed by atoms with Crippen molar-refractivity contribution in [1.82, 2.24) is 5.32 Å². The number of primary amides is 1. The number of allylic oxidation sites excluding steroid dienone is 4. The molecule has 0 atom stereocenters. The van der Waals surface area contributed by atoms with E-state index in [1.807, 2.05) is 0 Å². The standard InChI is InChI=1S/C16H24F2N2O2/c1-3-4-5-15(18)14(11(2)17)10-22-13-8-6-12(7-9-13)20-16(19)21/h3-5,12-13H,6-10H2,1-2H3,(H3,19,20,21)/b4-3-,14-11+,15-5+. The average Bonchev–Trinajstić information content (AvgIpc) is 2.46. The van der Waals surface area contributed by atoms with Gasteiger partial charge in [-0.15, -0.1) is 0 Å². The van der Waals surface area contributed by atoms with Crippen molar-refractivity contribution in [2.45, 2.75) is 51.7 Å². The summed E-state index contributed by atoms with van der Waals surface area (Å²) in [4.78, 5) is 10.8. The second-order valence-corrected chi connectivity index (χ2v) is 5.35. The molecule has 0 spiro atoms. The first-order chi connectivity index (χ1) is 10.4. The van der Waals surface area contributed by atoms with Gasteiger partial charge in [0, 0.05) is 11.6 Å². The quantitative estimate of drug-likeness (QED) is 0.735. The molecule has 0 aromatic heterocycles. The summed E-state index contributed by atoms with van der Waals surface area (Å²) in [5.41, 5.74) is 5.02. The Balaban J connectivity index is 2.48. The predicted molar refractivity (Wildman–Crippen MR) is 82.5 cm³/mol. The van der Waals surface area contributed by atoms with Crippen molar-refractivity contribution in [3.8, 4) is 0 Å². The molecule has 0 radical (unpaired) electrons. The Labute approximate surface area is 130 Å². The third-order valence-corrected chi connectivity index (χ3v) is 3.62. The highest BCUT2D eigenvalue weighted by molar-refractivity contribution is 5.71. The molecule has 0 unspecified atom stereocenters. The zero-order valence-electron chi connectivity index (χ0n) is 13.1. The van der Waals surface area contributed by atoms with Gasteiger partial charge in [0.05, 0.1) is 12.7 Å². The Morgan fingerprint density at radius 1 is 1.32 bits per heavy atom. The van der Waals surface area contributed by atoms with E-state index in [-0.39, 0.29) is 24.3 Å². The molecule has 1 rings (SSSR count). The lowest BCUT2D eigenvalue weighted by molar-refractivity contribution is 0.0360. The average molecular weight is 314 g/mol. The van der Waals surface area contributed by atoms with Crippen LogP contribution in [0.1, 0.15) is 39.5 Å². The summed E-state index contributed by atoms with van der Waals surface area (Å²) in [6.07, 6.45) is 7.28. The summed E-state index contributed by atoms with van der Waals surface area (Å²) < 4.78 is 32.9. The molecular weight excluding hydrogens is 290 g/mol. The molecule has 0 aromatic rings. The van der Waals surface area contributed by atoms with Gasteiger partial charge >= 0.3 is 6.03 Å². The van der Waals surface area contributed by atoms with Crippen molar-refractivity contribution in [2.75, 3.05) is 6.61 Å². The number of nitrogens with one attached hydrogen (secondary N) is 1. The number of ether oxygens (including phenoxy) is 1. The molecule has 22 heavy (non-hydrogen) atoms. The van der Waals surface area contributed by atoms with E-state index in [1.54, 1.807) is 13.0 Å². The van der Waals surface area contributed by atoms with Gasteiger partial charge in [-0.05, 0) is 45.6 Å². The number of nitrogens with two attached hydrogens (primary N) is 1. The van der Waals surface area contributed by atoms with E-state index in [1.165, 1.54) is 19.1 Å². The first-order valence-electron chi connectivity index (χ1n) is 7.45. The van der Waals surface area contributed by atoms with E-state index in [0.717, 1.165) is 25.7 Å². The highest BCUT2D eigenvalue weighted by Gasteiger charge is 2.23. The zero-order valence-corrected chi connectivity index (χ0v) is 13.1. The minimum atomic E-state index is -0.623. The third kappa shape index (κ3) is 6.39. The van der Waals surface area contributed by atoms with E-state index < -0.39 is 17.7 Å². The second kappa shape index (κ2) is 9.35. The Morgan fingerprint density at radius 2 is 1.95 bits per heavy atom. The van der Waals surface area contributed by atoms with Crippen molar-refractivity contribution in [3.63, 3.8) is 0 Å². The summed E-state index contributed by atoms with van der Waals surface area (Å²) in [5, 5.41) is 2.66. The minimum absolute atomic E-state index is 0.0570. The van der Waals surface area contributed by atoms with E-state index in [9.17, 15) is 13.6 Å². The van der Waals surface area contributed by atoms with Gasteiger partial charge in [0.1, 0.15) is 11.7 Å². The molecule has 2 amide bonds. The van der Waals surface area contributed by atoms with Crippen LogP contribution in [0.2, 0.25) is 0 Å². The van der Waals surface area contributed by atoms with Crippen LogP contribution in [0.3, 0.4) is 0 Å². The van der Waals surface area contributed by atoms with Gasteiger partial charge in [-0.3, -0.25) is 0 Å². The third-order valence-electron chi connectivity index (χ3n) is 3.62. The number of halogens is 2. The first kappa shape index (κ1) is 18.4. The van der Waals surface area contributed by atoms with Crippen LogP contribution in [0.4, 0.5) is 13.6 Å². The highest BCUT2D eigenvalue weighted by atomic mass is 19.1. The molecule has 0 bridgehead atoms. The number of rotatable bonds is 6. The lowest BCUT2D eigenvalue weighted by Gasteiger charge is -2.28. The first-order valence-corrected chi connectivity index (χ1v) is 7.45. The maximum absolute atomic E-state index is 13.8. The summed E-state index contributed by atoms with van der Waals surface area (Å²) in [7, 11) is 0. The molecule has 1 saturated carbocycles. The molecule has 1 aliphatic carbocycles. The number of hydrogen-bond donors (Lipinski definition) is 2. The fourth-order valence-corrected chi connectivity index (χ4v) is 2.39. The van der Waals surface area contributed by atoms with E-state index in [4.69, 9.17) is 10.5 Å². The van der Waals surface area contributed by atoms with Crippen molar-refractivity contribution >= 4 is 6.03 Å². The summed E-state index contributed by atoms with van der Waals surface area (Å²) in [5.74, 6) is -1.20. The maximum Gasteiger partial charge on any atom is 0.312 e. The number of carbonyl (C=O) groups excluding carboxylic acids is 1. The normalized spacial score (nSPS) is 24.3. The van der Waals surface area contributed by atoms with Crippen molar-refractivity contribution in [3.05, 3.63) is 35.5 Å². The molecule has 0 heterocycles. The number of carbonyl (C=O) groups is 1. The van der Waals surface area contributed by atoms with Crippen molar-refractivity contribution < 1.29 is 18.3 Å². The summed E-state index contributed by atoms with van der Waals surface area (Å²) in [6, 6.07) is -0.472. The van der Waals surface area contributed by atoms with Crippen molar-refractivity contribution in [1.29, 1.82) is 0 Å². The monoisotopic (exact) mass is 314 g/mol. The Morgan fingerprint density at radius 3 is 2.45 bits per heavy atom. The Bertz CT molecular complexity index is 461. The van der Waals surface area contributed by atoms with Crippen LogP contribution in [0.25, 0.3) is 0 Å². The Hall–Kier alpha value is -1.69. The van der Waals surface area contributed by atoms with Crippen LogP contribution in [-0.4, -0.2) is 24.8 Å². The molecule has 0 aliphatic heterocycles. The summed E-state index contributed by atoms with van der Waals surface area (Å²) >= 11 is 0. The second-order valence-electron chi connectivity index (χ2n) is 5.35.